The highest BCUT2D eigenvalue weighted by molar-refractivity contribution is 5.80. The van der Waals surface area contributed by atoms with Crippen LogP contribution in [0, 0.1) is 0 Å². The third-order valence-corrected chi connectivity index (χ3v) is 1.59. The number of carbonyl (C=O) groups is 1. The van der Waals surface area contributed by atoms with E-state index in [4.69, 9.17) is 11.5 Å². The SMILES string of the molecule is C[C@@H](N)C(=O)NCCCCCN. The largest absolute Gasteiger partial charge is 0.355 e. The molecule has 0 heterocycles. The maximum atomic E-state index is 10.9. The monoisotopic (exact) mass is 173 g/mol. The van der Waals surface area contributed by atoms with Crippen LogP contribution in [0.1, 0.15) is 26.2 Å². The van der Waals surface area contributed by atoms with E-state index in [1.54, 1.807) is 6.92 Å². The van der Waals surface area contributed by atoms with Gasteiger partial charge >= 0.3 is 0 Å². The Morgan fingerprint density at radius 2 is 2.08 bits per heavy atom. The molecular weight excluding hydrogens is 154 g/mol. The van der Waals surface area contributed by atoms with E-state index in [0.717, 1.165) is 25.8 Å². The molecule has 0 fully saturated rings. The van der Waals surface area contributed by atoms with Crippen molar-refractivity contribution in [2.75, 3.05) is 13.1 Å². The highest BCUT2D eigenvalue weighted by Crippen LogP contribution is 1.90. The fourth-order valence-electron chi connectivity index (χ4n) is 0.819. The molecule has 0 saturated carbocycles. The molecule has 5 N–H and O–H groups in total. The van der Waals surface area contributed by atoms with Crippen molar-refractivity contribution in [2.24, 2.45) is 11.5 Å². The Morgan fingerprint density at radius 3 is 2.58 bits per heavy atom. The molecule has 0 bridgehead atoms. The number of nitrogens with one attached hydrogen (secondary N) is 1. The third-order valence-electron chi connectivity index (χ3n) is 1.59. The zero-order chi connectivity index (χ0) is 9.40. The van der Waals surface area contributed by atoms with Gasteiger partial charge in [-0.25, -0.2) is 0 Å². The van der Waals surface area contributed by atoms with Crippen molar-refractivity contribution in [1.29, 1.82) is 0 Å². The van der Waals surface area contributed by atoms with E-state index in [9.17, 15) is 4.79 Å². The molecule has 0 unspecified atom stereocenters. The first-order valence-corrected chi connectivity index (χ1v) is 4.42. The van der Waals surface area contributed by atoms with Crippen molar-refractivity contribution in [2.45, 2.75) is 32.2 Å². The predicted molar refractivity (Wildman–Crippen MR) is 49.6 cm³/mol. The van der Waals surface area contributed by atoms with Crippen LogP contribution in [0.3, 0.4) is 0 Å². The molecule has 12 heavy (non-hydrogen) atoms. The summed E-state index contributed by atoms with van der Waals surface area (Å²) in [5.41, 5.74) is 10.7. The van der Waals surface area contributed by atoms with Crippen LogP contribution in [0.25, 0.3) is 0 Å². The molecule has 72 valence electrons. The van der Waals surface area contributed by atoms with Crippen LogP contribution in [0.2, 0.25) is 0 Å². The van der Waals surface area contributed by atoms with E-state index in [2.05, 4.69) is 5.32 Å². The zero-order valence-corrected chi connectivity index (χ0v) is 7.68. The summed E-state index contributed by atoms with van der Waals surface area (Å²) in [5.74, 6) is -0.0808. The summed E-state index contributed by atoms with van der Waals surface area (Å²) in [7, 11) is 0. The lowest BCUT2D eigenvalue weighted by Crippen LogP contribution is -2.38. The molecule has 0 spiro atoms. The quantitative estimate of drug-likeness (QED) is 0.477. The fourth-order valence-corrected chi connectivity index (χ4v) is 0.819. The van der Waals surface area contributed by atoms with Gasteiger partial charge in [-0.1, -0.05) is 6.42 Å². The lowest BCUT2D eigenvalue weighted by molar-refractivity contribution is -0.121. The van der Waals surface area contributed by atoms with Crippen LogP contribution in [0.5, 0.6) is 0 Å². The second-order valence-corrected chi connectivity index (χ2v) is 2.93. The van der Waals surface area contributed by atoms with Crippen LogP contribution >= 0.6 is 0 Å². The Kier molecular flexibility index (Phi) is 6.70. The molecule has 4 nitrogen and oxygen atoms in total. The van der Waals surface area contributed by atoms with E-state index in [1.165, 1.54) is 0 Å². The molecule has 0 aromatic heterocycles. The molecule has 0 rings (SSSR count). The smallest absolute Gasteiger partial charge is 0.236 e. The van der Waals surface area contributed by atoms with Gasteiger partial charge < -0.3 is 16.8 Å². The number of amides is 1. The van der Waals surface area contributed by atoms with E-state index in [1.807, 2.05) is 0 Å². The molecule has 0 saturated heterocycles. The topological polar surface area (TPSA) is 81.1 Å². The molecule has 4 heteroatoms. The molecule has 0 aliphatic rings. The molecule has 0 aliphatic carbocycles. The second-order valence-electron chi connectivity index (χ2n) is 2.93. The maximum Gasteiger partial charge on any atom is 0.236 e. The van der Waals surface area contributed by atoms with Crippen molar-refractivity contribution >= 4 is 5.91 Å². The summed E-state index contributed by atoms with van der Waals surface area (Å²) in [4.78, 5) is 10.9. The Bertz CT molecular complexity index is 125. The van der Waals surface area contributed by atoms with Crippen LogP contribution in [-0.2, 0) is 4.79 Å². The highest BCUT2D eigenvalue weighted by Gasteiger charge is 2.04. The van der Waals surface area contributed by atoms with Gasteiger partial charge in [0.1, 0.15) is 0 Å². The summed E-state index contributed by atoms with van der Waals surface area (Å²) >= 11 is 0. The van der Waals surface area contributed by atoms with Gasteiger partial charge in [0.2, 0.25) is 5.91 Å². The standard InChI is InChI=1S/C8H19N3O/c1-7(10)8(12)11-6-4-2-3-5-9/h7H,2-6,9-10H2,1H3,(H,11,12)/t7-/m1/s1. The van der Waals surface area contributed by atoms with Gasteiger partial charge in [0.05, 0.1) is 6.04 Å². The summed E-state index contributed by atoms with van der Waals surface area (Å²) in [6, 6.07) is -0.403. The van der Waals surface area contributed by atoms with Crippen LogP contribution < -0.4 is 16.8 Å². The molecule has 0 radical (unpaired) electrons. The maximum absolute atomic E-state index is 10.9. The second kappa shape index (κ2) is 7.06. The number of hydrogen-bond acceptors (Lipinski definition) is 3. The molecule has 1 amide bonds. The number of unbranched alkanes of at least 4 members (excludes halogenated alkanes) is 2. The Hall–Kier alpha value is -0.610. The van der Waals surface area contributed by atoms with Gasteiger partial charge in [-0.15, -0.1) is 0 Å². The first-order chi connectivity index (χ1) is 5.68. The summed E-state index contributed by atoms with van der Waals surface area (Å²) in [6.45, 7) is 3.11. The Labute approximate surface area is 73.7 Å². The number of rotatable bonds is 6. The van der Waals surface area contributed by atoms with Crippen LogP contribution in [0.15, 0.2) is 0 Å². The Balaban J connectivity index is 3.14. The van der Waals surface area contributed by atoms with Crippen molar-refractivity contribution in [3.05, 3.63) is 0 Å². The average Bonchev–Trinajstić information content (AvgIpc) is 2.03. The van der Waals surface area contributed by atoms with E-state index in [-0.39, 0.29) is 5.91 Å². The molecule has 1 atom stereocenters. The van der Waals surface area contributed by atoms with E-state index < -0.39 is 6.04 Å². The van der Waals surface area contributed by atoms with Gasteiger partial charge in [0.15, 0.2) is 0 Å². The summed E-state index contributed by atoms with van der Waals surface area (Å²) in [5, 5.41) is 2.74. The summed E-state index contributed by atoms with van der Waals surface area (Å²) < 4.78 is 0. The predicted octanol–water partition coefficient (Wildman–Crippen LogP) is -0.421. The van der Waals surface area contributed by atoms with Crippen LogP contribution in [0.4, 0.5) is 0 Å². The fraction of sp³-hybridized carbons (Fsp3) is 0.875. The van der Waals surface area contributed by atoms with Crippen molar-refractivity contribution in [3.8, 4) is 0 Å². The van der Waals surface area contributed by atoms with Crippen molar-refractivity contribution < 1.29 is 4.79 Å². The van der Waals surface area contributed by atoms with Gasteiger partial charge in [0.25, 0.3) is 0 Å². The van der Waals surface area contributed by atoms with Crippen molar-refractivity contribution in [1.82, 2.24) is 5.32 Å². The van der Waals surface area contributed by atoms with Gasteiger partial charge in [-0.2, -0.15) is 0 Å². The van der Waals surface area contributed by atoms with Crippen LogP contribution in [-0.4, -0.2) is 25.0 Å². The lowest BCUT2D eigenvalue weighted by atomic mass is 10.2. The van der Waals surface area contributed by atoms with Gasteiger partial charge in [0, 0.05) is 6.54 Å². The van der Waals surface area contributed by atoms with Gasteiger partial charge in [-0.3, -0.25) is 4.79 Å². The van der Waals surface area contributed by atoms with E-state index >= 15 is 0 Å². The molecule has 0 aliphatic heterocycles. The average molecular weight is 173 g/mol. The van der Waals surface area contributed by atoms with Gasteiger partial charge in [-0.05, 0) is 26.3 Å². The normalized spacial score (nSPS) is 12.6. The minimum absolute atomic E-state index is 0.0808. The molecule has 0 aromatic rings. The minimum Gasteiger partial charge on any atom is -0.355 e. The Morgan fingerprint density at radius 1 is 1.42 bits per heavy atom. The molecule has 0 aromatic carbocycles. The zero-order valence-electron chi connectivity index (χ0n) is 7.68. The lowest BCUT2D eigenvalue weighted by Gasteiger charge is -2.06. The highest BCUT2D eigenvalue weighted by atomic mass is 16.2. The number of carbonyl (C=O) groups excluding carboxylic acids is 1. The third kappa shape index (κ3) is 6.12. The molecular formula is C8H19N3O. The first kappa shape index (κ1) is 11.4. The number of nitrogens with two attached hydrogens (primary N) is 2. The van der Waals surface area contributed by atoms with Crippen molar-refractivity contribution in [3.63, 3.8) is 0 Å². The first-order valence-electron chi connectivity index (χ1n) is 4.42. The summed E-state index contributed by atoms with van der Waals surface area (Å²) in [6.07, 6.45) is 3.07. The number of hydrogen-bond donors (Lipinski definition) is 3. The minimum atomic E-state index is -0.403. The van der Waals surface area contributed by atoms with E-state index in [0.29, 0.717) is 6.54 Å².